The Morgan fingerprint density at radius 2 is 1.34 bits per heavy atom. The second kappa shape index (κ2) is 8.18. The van der Waals surface area contributed by atoms with Gasteiger partial charge in [0, 0.05) is 29.5 Å². The molecule has 0 bridgehead atoms. The van der Waals surface area contributed by atoms with Crippen LogP contribution in [-0.4, -0.2) is 18.9 Å². The van der Waals surface area contributed by atoms with Crippen LogP contribution in [0.15, 0.2) is 78.9 Å². The fourth-order valence-corrected chi connectivity index (χ4v) is 2.67. The minimum Gasteiger partial charge on any atom is -0.322 e. The van der Waals surface area contributed by atoms with E-state index >= 15 is 0 Å². The zero-order valence-electron chi connectivity index (χ0n) is 15.4. The van der Waals surface area contributed by atoms with E-state index in [9.17, 15) is 22.8 Å². The van der Waals surface area contributed by atoms with Crippen molar-refractivity contribution in [2.45, 2.75) is 6.18 Å². The summed E-state index contributed by atoms with van der Waals surface area (Å²) in [7, 11) is 1.66. The van der Waals surface area contributed by atoms with Gasteiger partial charge in [0.05, 0.1) is 5.56 Å². The van der Waals surface area contributed by atoms with Crippen LogP contribution in [-0.2, 0) is 6.18 Å². The molecule has 0 aliphatic carbocycles. The molecule has 0 spiro atoms. The summed E-state index contributed by atoms with van der Waals surface area (Å²) in [6.07, 6.45) is -4.43. The van der Waals surface area contributed by atoms with Crippen LogP contribution in [0.4, 0.5) is 24.5 Å². The summed E-state index contributed by atoms with van der Waals surface area (Å²) < 4.78 is 37.8. The molecule has 2 amide bonds. The van der Waals surface area contributed by atoms with Crippen molar-refractivity contribution in [3.63, 3.8) is 0 Å². The first-order chi connectivity index (χ1) is 13.8. The first kappa shape index (κ1) is 20.1. The molecule has 0 fully saturated rings. The Labute approximate surface area is 165 Å². The van der Waals surface area contributed by atoms with Crippen LogP contribution in [0, 0.1) is 0 Å². The number of rotatable bonds is 4. The molecule has 3 aromatic rings. The van der Waals surface area contributed by atoms with Gasteiger partial charge in [-0.2, -0.15) is 13.2 Å². The molecule has 0 radical (unpaired) electrons. The molecule has 0 unspecified atom stereocenters. The maximum atomic E-state index is 12.6. The van der Waals surface area contributed by atoms with Crippen molar-refractivity contribution in [1.82, 2.24) is 0 Å². The summed E-state index contributed by atoms with van der Waals surface area (Å²) in [5.74, 6) is -0.717. The lowest BCUT2D eigenvalue weighted by molar-refractivity contribution is -0.137. The molecule has 1 N–H and O–H groups in total. The lowest BCUT2D eigenvalue weighted by Gasteiger charge is -2.17. The predicted molar refractivity (Wildman–Crippen MR) is 105 cm³/mol. The number of nitrogens with zero attached hydrogens (tertiary/aromatic N) is 1. The molecular formula is C22H17F3N2O2. The minimum absolute atomic E-state index is 0.231. The largest absolute Gasteiger partial charge is 0.416 e. The number of halogens is 3. The topological polar surface area (TPSA) is 49.4 Å². The van der Waals surface area contributed by atoms with E-state index < -0.39 is 17.6 Å². The van der Waals surface area contributed by atoms with Crippen molar-refractivity contribution >= 4 is 23.2 Å². The number of carbonyl (C=O) groups is 2. The third kappa shape index (κ3) is 4.82. The maximum Gasteiger partial charge on any atom is 0.416 e. The predicted octanol–water partition coefficient (Wildman–Crippen LogP) is 5.23. The van der Waals surface area contributed by atoms with Crippen molar-refractivity contribution < 1.29 is 22.8 Å². The quantitative estimate of drug-likeness (QED) is 0.654. The molecule has 4 nitrogen and oxygen atoms in total. The number of benzene rings is 3. The summed E-state index contributed by atoms with van der Waals surface area (Å²) in [6, 6.07) is 19.3. The lowest BCUT2D eigenvalue weighted by Crippen LogP contribution is -2.26. The number of alkyl halides is 3. The van der Waals surface area contributed by atoms with Gasteiger partial charge in [-0.05, 0) is 60.7 Å². The molecule has 0 atom stereocenters. The number of anilines is 2. The van der Waals surface area contributed by atoms with E-state index in [2.05, 4.69) is 5.32 Å². The van der Waals surface area contributed by atoms with Crippen molar-refractivity contribution in [1.29, 1.82) is 0 Å². The standard InChI is InChI=1S/C22H17F3N2O2/c1-27(19-5-3-2-4-6-19)21(29)16-9-7-15(8-10-16)20(28)26-18-13-11-17(12-14-18)22(23,24)25/h2-14H,1H3,(H,26,28). The fraction of sp³-hybridized carbons (Fsp3) is 0.0909. The van der Waals surface area contributed by atoms with Gasteiger partial charge in [0.15, 0.2) is 0 Å². The highest BCUT2D eigenvalue weighted by Gasteiger charge is 2.30. The lowest BCUT2D eigenvalue weighted by atomic mass is 10.1. The van der Waals surface area contributed by atoms with Crippen molar-refractivity contribution in [3.8, 4) is 0 Å². The van der Waals surface area contributed by atoms with E-state index in [1.807, 2.05) is 30.3 Å². The van der Waals surface area contributed by atoms with E-state index in [0.717, 1.165) is 17.8 Å². The number of hydrogen-bond acceptors (Lipinski definition) is 2. The average Bonchev–Trinajstić information content (AvgIpc) is 2.73. The summed E-state index contributed by atoms with van der Waals surface area (Å²) in [4.78, 5) is 26.4. The molecule has 3 rings (SSSR count). The molecule has 0 heterocycles. The minimum atomic E-state index is -4.43. The molecule has 0 aliphatic rings. The van der Waals surface area contributed by atoms with Crippen molar-refractivity contribution in [2.24, 2.45) is 0 Å². The monoisotopic (exact) mass is 398 g/mol. The zero-order chi connectivity index (χ0) is 21.0. The molecule has 0 aliphatic heterocycles. The van der Waals surface area contributed by atoms with Crippen molar-refractivity contribution in [2.75, 3.05) is 17.3 Å². The number of carbonyl (C=O) groups excluding carboxylic acids is 2. The van der Waals surface area contributed by atoms with Crippen LogP contribution in [0.25, 0.3) is 0 Å². The molecule has 0 saturated carbocycles. The Bertz CT molecular complexity index is 999. The SMILES string of the molecule is CN(C(=O)c1ccc(C(=O)Nc2ccc(C(F)(F)F)cc2)cc1)c1ccccc1. The number of amides is 2. The van der Waals surface area contributed by atoms with Crippen LogP contribution in [0.1, 0.15) is 26.3 Å². The highest BCUT2D eigenvalue weighted by Crippen LogP contribution is 2.29. The van der Waals surface area contributed by atoms with Gasteiger partial charge in [-0.25, -0.2) is 0 Å². The van der Waals surface area contributed by atoms with Gasteiger partial charge in [0.25, 0.3) is 11.8 Å². The Hall–Kier alpha value is -3.61. The molecule has 148 valence electrons. The highest BCUT2D eigenvalue weighted by molar-refractivity contribution is 6.08. The van der Waals surface area contributed by atoms with E-state index in [1.54, 1.807) is 7.05 Å². The van der Waals surface area contributed by atoms with Crippen LogP contribution in [0.2, 0.25) is 0 Å². The summed E-state index contributed by atoms with van der Waals surface area (Å²) >= 11 is 0. The third-order valence-corrected chi connectivity index (χ3v) is 4.31. The van der Waals surface area contributed by atoms with Gasteiger partial charge in [0.1, 0.15) is 0 Å². The second-order valence-electron chi connectivity index (χ2n) is 6.31. The molecule has 0 aromatic heterocycles. The number of hydrogen-bond donors (Lipinski definition) is 1. The van der Waals surface area contributed by atoms with E-state index in [4.69, 9.17) is 0 Å². The maximum absolute atomic E-state index is 12.6. The van der Waals surface area contributed by atoms with Gasteiger partial charge >= 0.3 is 6.18 Å². The number of nitrogens with one attached hydrogen (secondary N) is 1. The summed E-state index contributed by atoms with van der Waals surface area (Å²) in [6.45, 7) is 0. The first-order valence-electron chi connectivity index (χ1n) is 8.67. The molecule has 29 heavy (non-hydrogen) atoms. The Kier molecular flexibility index (Phi) is 5.68. The highest BCUT2D eigenvalue weighted by atomic mass is 19.4. The molecular weight excluding hydrogens is 381 g/mol. The summed E-state index contributed by atoms with van der Waals surface area (Å²) in [5, 5.41) is 2.53. The Morgan fingerprint density at radius 1 is 0.793 bits per heavy atom. The smallest absolute Gasteiger partial charge is 0.322 e. The summed E-state index contributed by atoms with van der Waals surface area (Å²) in [5.41, 5.74) is 0.876. The van der Waals surface area contributed by atoms with Gasteiger partial charge in [-0.3, -0.25) is 9.59 Å². The number of para-hydroxylation sites is 1. The fourth-order valence-electron chi connectivity index (χ4n) is 2.67. The third-order valence-electron chi connectivity index (χ3n) is 4.31. The van der Waals surface area contributed by atoms with E-state index in [1.165, 1.54) is 41.3 Å². The zero-order valence-corrected chi connectivity index (χ0v) is 15.4. The molecule has 0 saturated heterocycles. The molecule has 3 aromatic carbocycles. The molecule has 7 heteroatoms. The van der Waals surface area contributed by atoms with E-state index in [-0.39, 0.29) is 17.2 Å². The van der Waals surface area contributed by atoms with E-state index in [0.29, 0.717) is 5.56 Å². The van der Waals surface area contributed by atoms with Crippen LogP contribution in [0.3, 0.4) is 0 Å². The first-order valence-corrected chi connectivity index (χ1v) is 8.67. The van der Waals surface area contributed by atoms with Gasteiger partial charge in [-0.15, -0.1) is 0 Å². The normalized spacial score (nSPS) is 11.0. The Morgan fingerprint density at radius 3 is 1.90 bits per heavy atom. The second-order valence-corrected chi connectivity index (χ2v) is 6.31. The van der Waals surface area contributed by atoms with Crippen LogP contribution < -0.4 is 10.2 Å². The average molecular weight is 398 g/mol. The Balaban J connectivity index is 1.68. The van der Waals surface area contributed by atoms with Crippen LogP contribution in [0.5, 0.6) is 0 Å². The van der Waals surface area contributed by atoms with Crippen LogP contribution >= 0.6 is 0 Å². The van der Waals surface area contributed by atoms with Gasteiger partial charge in [0.2, 0.25) is 0 Å². The van der Waals surface area contributed by atoms with Crippen molar-refractivity contribution in [3.05, 3.63) is 95.6 Å². The van der Waals surface area contributed by atoms with Gasteiger partial charge < -0.3 is 10.2 Å². The van der Waals surface area contributed by atoms with Gasteiger partial charge in [-0.1, -0.05) is 18.2 Å².